The number of nitrogens with zero attached hydrogens (tertiary/aromatic N) is 1. The molecule has 8 heteroatoms. The number of aromatic hydroxyl groups is 1. The number of anilines is 1. The molecular formula is C13H16N2O6. The van der Waals surface area contributed by atoms with Crippen molar-refractivity contribution in [2.45, 2.75) is 26.2 Å². The van der Waals surface area contributed by atoms with E-state index in [9.17, 15) is 24.8 Å². The summed E-state index contributed by atoms with van der Waals surface area (Å²) >= 11 is 0. The zero-order valence-corrected chi connectivity index (χ0v) is 11.4. The lowest BCUT2D eigenvalue weighted by molar-refractivity contribution is -0.384. The number of benzene rings is 1. The molecule has 1 aromatic rings. The Morgan fingerprint density at radius 1 is 1.43 bits per heavy atom. The van der Waals surface area contributed by atoms with E-state index >= 15 is 0 Å². The van der Waals surface area contributed by atoms with E-state index in [1.807, 2.05) is 0 Å². The summed E-state index contributed by atoms with van der Waals surface area (Å²) in [6.07, 6.45) is 0.519. The molecule has 0 fully saturated rings. The zero-order valence-electron chi connectivity index (χ0n) is 11.4. The van der Waals surface area contributed by atoms with E-state index < -0.39 is 22.7 Å². The normalized spacial score (nSPS) is 11.7. The van der Waals surface area contributed by atoms with Crippen LogP contribution in [0.2, 0.25) is 0 Å². The first-order valence-electron chi connectivity index (χ1n) is 6.35. The fraction of sp³-hybridized carbons (Fsp3) is 0.385. The number of carbonyl (C=O) groups excluding carboxylic acids is 1. The summed E-state index contributed by atoms with van der Waals surface area (Å²) in [5.41, 5.74) is -0.336. The molecule has 1 atom stereocenters. The van der Waals surface area contributed by atoms with E-state index in [1.165, 1.54) is 0 Å². The largest absolute Gasteiger partial charge is 0.506 e. The number of hydrogen-bond donors (Lipinski definition) is 3. The molecule has 0 bridgehead atoms. The van der Waals surface area contributed by atoms with Gasteiger partial charge in [0.2, 0.25) is 5.91 Å². The highest BCUT2D eigenvalue weighted by atomic mass is 16.6. The minimum absolute atomic E-state index is 0.0487. The first-order valence-corrected chi connectivity index (χ1v) is 6.35. The van der Waals surface area contributed by atoms with Crippen LogP contribution in [0, 0.1) is 16.0 Å². The molecule has 21 heavy (non-hydrogen) atoms. The van der Waals surface area contributed by atoms with Crippen molar-refractivity contribution in [3.63, 3.8) is 0 Å². The van der Waals surface area contributed by atoms with Gasteiger partial charge in [-0.2, -0.15) is 0 Å². The van der Waals surface area contributed by atoms with Gasteiger partial charge in [0.05, 0.1) is 16.5 Å². The Hall–Kier alpha value is -2.64. The quantitative estimate of drug-likeness (QED) is 0.401. The molecule has 0 heterocycles. The van der Waals surface area contributed by atoms with Gasteiger partial charge in [-0.3, -0.25) is 19.7 Å². The summed E-state index contributed by atoms with van der Waals surface area (Å²) in [6, 6.07) is 3.27. The number of amides is 1. The van der Waals surface area contributed by atoms with Gasteiger partial charge < -0.3 is 15.5 Å². The molecule has 0 aromatic heterocycles. The van der Waals surface area contributed by atoms with E-state index in [1.54, 1.807) is 6.92 Å². The molecule has 1 rings (SSSR count). The maximum Gasteiger partial charge on any atom is 0.306 e. The van der Waals surface area contributed by atoms with Gasteiger partial charge in [0, 0.05) is 18.6 Å². The molecule has 0 radical (unpaired) electrons. The number of nitrogens with one attached hydrogen (secondary N) is 1. The third-order valence-corrected chi connectivity index (χ3v) is 3.03. The van der Waals surface area contributed by atoms with Crippen molar-refractivity contribution in [1.29, 1.82) is 0 Å². The minimum atomic E-state index is -0.969. The summed E-state index contributed by atoms with van der Waals surface area (Å²) in [5.74, 6) is -2.39. The third kappa shape index (κ3) is 4.75. The van der Waals surface area contributed by atoms with Crippen molar-refractivity contribution in [1.82, 2.24) is 0 Å². The molecule has 114 valence electrons. The van der Waals surface area contributed by atoms with Gasteiger partial charge in [0.15, 0.2) is 0 Å². The first kappa shape index (κ1) is 16.4. The summed E-state index contributed by atoms with van der Waals surface area (Å²) in [6.45, 7) is 1.71. The van der Waals surface area contributed by atoms with Crippen molar-refractivity contribution in [2.24, 2.45) is 5.92 Å². The number of carbonyl (C=O) groups is 2. The van der Waals surface area contributed by atoms with E-state index in [0.29, 0.717) is 6.42 Å². The monoisotopic (exact) mass is 296 g/mol. The number of hydrogen-bond acceptors (Lipinski definition) is 5. The van der Waals surface area contributed by atoms with Crippen molar-refractivity contribution in [3.8, 4) is 5.75 Å². The predicted octanol–water partition coefficient (Wildman–Crippen LogP) is 2.13. The molecule has 8 nitrogen and oxygen atoms in total. The van der Waals surface area contributed by atoms with Crippen molar-refractivity contribution in [3.05, 3.63) is 28.3 Å². The van der Waals surface area contributed by atoms with Gasteiger partial charge >= 0.3 is 5.97 Å². The van der Waals surface area contributed by atoms with Gasteiger partial charge in [0.1, 0.15) is 5.75 Å². The van der Waals surface area contributed by atoms with Crippen LogP contribution in [-0.4, -0.2) is 27.0 Å². The van der Waals surface area contributed by atoms with Crippen LogP contribution in [0.25, 0.3) is 0 Å². The zero-order chi connectivity index (χ0) is 16.0. The number of carboxylic acid groups (broad SMARTS) is 1. The minimum Gasteiger partial charge on any atom is -0.506 e. The van der Waals surface area contributed by atoms with E-state index in [4.69, 9.17) is 5.11 Å². The molecule has 0 spiro atoms. The molecule has 0 unspecified atom stereocenters. The van der Waals surface area contributed by atoms with Crippen LogP contribution in [-0.2, 0) is 9.59 Å². The number of nitro benzene ring substituents is 1. The van der Waals surface area contributed by atoms with Crippen molar-refractivity contribution < 1.29 is 24.7 Å². The standard InChI is InChI=1S/C13H16N2O6/c1-2-8(13(18)19)3-6-12(17)14-10-7-9(15(20)21)4-5-11(10)16/h4-5,7-8,16H,2-3,6H2,1H3,(H,14,17)(H,18,19)/t8-/m1/s1. The second-order valence-corrected chi connectivity index (χ2v) is 4.49. The van der Waals surface area contributed by atoms with Crippen LogP contribution in [0.3, 0.4) is 0 Å². The van der Waals surface area contributed by atoms with Crippen LogP contribution < -0.4 is 5.32 Å². The van der Waals surface area contributed by atoms with E-state index in [-0.39, 0.29) is 30.0 Å². The number of aliphatic carboxylic acids is 1. The summed E-state index contributed by atoms with van der Waals surface area (Å²) in [7, 11) is 0. The molecule has 0 saturated heterocycles. The topological polar surface area (TPSA) is 130 Å². The summed E-state index contributed by atoms with van der Waals surface area (Å²) in [5, 5.41) is 31.4. The van der Waals surface area contributed by atoms with Crippen LogP contribution in [0.15, 0.2) is 18.2 Å². The number of phenolic OH excluding ortho intramolecular Hbond substituents is 1. The second-order valence-electron chi connectivity index (χ2n) is 4.49. The molecule has 1 amide bonds. The number of non-ortho nitro benzene ring substituents is 1. The van der Waals surface area contributed by atoms with Gasteiger partial charge in [-0.25, -0.2) is 0 Å². The lowest BCUT2D eigenvalue weighted by Gasteiger charge is -2.10. The Morgan fingerprint density at radius 3 is 2.62 bits per heavy atom. The molecule has 1 aromatic carbocycles. The van der Waals surface area contributed by atoms with Crippen LogP contribution >= 0.6 is 0 Å². The Kier molecular flexibility index (Phi) is 5.65. The third-order valence-electron chi connectivity index (χ3n) is 3.03. The van der Waals surface area contributed by atoms with Crippen LogP contribution in [0.1, 0.15) is 26.2 Å². The smallest absolute Gasteiger partial charge is 0.306 e. The Morgan fingerprint density at radius 2 is 2.10 bits per heavy atom. The van der Waals surface area contributed by atoms with E-state index in [0.717, 1.165) is 18.2 Å². The molecular weight excluding hydrogens is 280 g/mol. The highest BCUT2D eigenvalue weighted by molar-refractivity contribution is 5.92. The Balaban J connectivity index is 2.68. The maximum absolute atomic E-state index is 11.7. The summed E-state index contributed by atoms with van der Waals surface area (Å²) in [4.78, 5) is 32.5. The fourth-order valence-electron chi connectivity index (χ4n) is 1.76. The van der Waals surface area contributed by atoms with Gasteiger partial charge in [0.25, 0.3) is 5.69 Å². The molecule has 0 aliphatic heterocycles. The average Bonchev–Trinajstić information content (AvgIpc) is 2.41. The number of nitro groups is 1. The first-order chi connectivity index (χ1) is 9.85. The lowest BCUT2D eigenvalue weighted by atomic mass is 10.0. The Labute approximate surface area is 120 Å². The molecule has 0 aliphatic rings. The van der Waals surface area contributed by atoms with Crippen LogP contribution in [0.5, 0.6) is 5.75 Å². The average molecular weight is 296 g/mol. The lowest BCUT2D eigenvalue weighted by Crippen LogP contribution is -2.17. The van der Waals surface area contributed by atoms with Gasteiger partial charge in [-0.15, -0.1) is 0 Å². The number of rotatable bonds is 7. The summed E-state index contributed by atoms with van der Waals surface area (Å²) < 4.78 is 0. The second kappa shape index (κ2) is 7.22. The highest BCUT2D eigenvalue weighted by Crippen LogP contribution is 2.28. The van der Waals surface area contributed by atoms with Gasteiger partial charge in [-0.05, 0) is 18.9 Å². The SMILES string of the molecule is CC[C@H](CCC(=O)Nc1cc([N+](=O)[O-])ccc1O)C(=O)O. The number of phenols is 1. The van der Waals surface area contributed by atoms with E-state index in [2.05, 4.69) is 5.32 Å². The Bertz CT molecular complexity index is 558. The fourth-order valence-corrected chi connectivity index (χ4v) is 1.76. The van der Waals surface area contributed by atoms with Crippen molar-refractivity contribution >= 4 is 23.3 Å². The molecule has 0 aliphatic carbocycles. The highest BCUT2D eigenvalue weighted by Gasteiger charge is 2.18. The van der Waals surface area contributed by atoms with Crippen molar-refractivity contribution in [2.75, 3.05) is 5.32 Å². The van der Waals surface area contributed by atoms with Crippen LogP contribution in [0.4, 0.5) is 11.4 Å². The number of carboxylic acids is 1. The molecule has 0 saturated carbocycles. The van der Waals surface area contributed by atoms with Gasteiger partial charge in [-0.1, -0.05) is 6.92 Å². The predicted molar refractivity (Wildman–Crippen MR) is 74.0 cm³/mol. The maximum atomic E-state index is 11.7. The molecule has 3 N–H and O–H groups in total.